The summed E-state index contributed by atoms with van der Waals surface area (Å²) in [6.45, 7) is 0.844. The van der Waals surface area contributed by atoms with E-state index in [1.165, 1.54) is 4.90 Å². The first-order valence-electron chi connectivity index (χ1n) is 10.7. The van der Waals surface area contributed by atoms with Gasteiger partial charge in [-0.15, -0.1) is 0 Å². The fraction of sp³-hybridized carbons (Fsp3) is 0.375. The lowest BCUT2D eigenvalue weighted by molar-refractivity contribution is -0.0483. The van der Waals surface area contributed by atoms with Crippen LogP contribution in [0.2, 0.25) is 0 Å². The molecule has 160 valence electrons. The molecular formula is C24H24N2O5. The number of imide groups is 1. The van der Waals surface area contributed by atoms with Gasteiger partial charge < -0.3 is 14.4 Å². The monoisotopic (exact) mass is 420 g/mol. The molecule has 1 aliphatic carbocycles. The minimum Gasteiger partial charge on any atom is -0.445 e. The summed E-state index contributed by atoms with van der Waals surface area (Å²) in [6.07, 6.45) is 1.99. The molecule has 3 aliphatic rings. The molecule has 0 aromatic heterocycles. The Hall–Kier alpha value is -3.19. The number of piperidine rings is 1. The van der Waals surface area contributed by atoms with Gasteiger partial charge in [-0.1, -0.05) is 42.5 Å². The van der Waals surface area contributed by atoms with Crippen molar-refractivity contribution in [2.24, 2.45) is 0 Å². The Morgan fingerprint density at radius 3 is 2.19 bits per heavy atom. The number of fused-ring (bicyclic) bond motifs is 1. The first-order valence-corrected chi connectivity index (χ1v) is 10.7. The molecule has 1 unspecified atom stereocenters. The summed E-state index contributed by atoms with van der Waals surface area (Å²) in [5, 5.41) is 0. The number of benzene rings is 2. The minimum atomic E-state index is -0.536. The van der Waals surface area contributed by atoms with Crippen molar-refractivity contribution in [3.05, 3.63) is 71.3 Å². The van der Waals surface area contributed by atoms with Crippen molar-refractivity contribution in [3.63, 3.8) is 0 Å². The lowest BCUT2D eigenvalue weighted by atomic mass is 10.0. The van der Waals surface area contributed by atoms with Gasteiger partial charge in [0, 0.05) is 13.1 Å². The highest BCUT2D eigenvalue weighted by molar-refractivity contribution is 6.21. The molecule has 0 N–H and O–H groups in total. The van der Waals surface area contributed by atoms with Gasteiger partial charge >= 0.3 is 6.09 Å². The fourth-order valence-corrected chi connectivity index (χ4v) is 4.25. The van der Waals surface area contributed by atoms with Crippen LogP contribution in [0, 0.1) is 0 Å². The number of nitrogens with zero attached hydrogens (tertiary/aromatic N) is 2. The average molecular weight is 420 g/mol. The molecule has 0 bridgehead atoms. The van der Waals surface area contributed by atoms with Crippen LogP contribution in [-0.2, 0) is 16.1 Å². The van der Waals surface area contributed by atoms with Crippen LogP contribution in [0.25, 0.3) is 0 Å². The molecule has 2 fully saturated rings. The van der Waals surface area contributed by atoms with Crippen LogP contribution in [0.1, 0.15) is 45.5 Å². The third-order valence-electron chi connectivity index (χ3n) is 6.03. The quantitative estimate of drug-likeness (QED) is 0.694. The van der Waals surface area contributed by atoms with Crippen molar-refractivity contribution in [1.82, 2.24) is 9.80 Å². The molecule has 5 rings (SSSR count). The maximum Gasteiger partial charge on any atom is 0.410 e. The van der Waals surface area contributed by atoms with E-state index in [-0.39, 0.29) is 37.2 Å². The summed E-state index contributed by atoms with van der Waals surface area (Å²) >= 11 is 0. The van der Waals surface area contributed by atoms with E-state index in [1.54, 1.807) is 29.2 Å². The van der Waals surface area contributed by atoms with Crippen LogP contribution in [0.3, 0.4) is 0 Å². The van der Waals surface area contributed by atoms with Gasteiger partial charge in [0.1, 0.15) is 6.61 Å². The Kier molecular flexibility index (Phi) is 5.19. The van der Waals surface area contributed by atoms with Gasteiger partial charge in [-0.3, -0.25) is 14.5 Å². The first kappa shape index (κ1) is 19.8. The summed E-state index contributed by atoms with van der Waals surface area (Å²) < 4.78 is 11.6. The highest BCUT2D eigenvalue weighted by Gasteiger charge is 2.47. The van der Waals surface area contributed by atoms with Gasteiger partial charge in [0.25, 0.3) is 11.8 Å². The lowest BCUT2D eigenvalue weighted by Gasteiger charge is -2.41. The summed E-state index contributed by atoms with van der Waals surface area (Å²) in [5.41, 5.74) is 1.71. The van der Waals surface area contributed by atoms with Gasteiger partial charge in [0.05, 0.1) is 29.4 Å². The van der Waals surface area contributed by atoms with E-state index in [0.717, 1.165) is 18.4 Å². The Morgan fingerprint density at radius 1 is 0.903 bits per heavy atom. The first-order chi connectivity index (χ1) is 15.1. The van der Waals surface area contributed by atoms with Crippen LogP contribution in [0.4, 0.5) is 4.79 Å². The zero-order valence-electron chi connectivity index (χ0n) is 17.1. The van der Waals surface area contributed by atoms with Crippen LogP contribution in [0.15, 0.2) is 54.6 Å². The second kappa shape index (κ2) is 8.15. The number of ether oxygens (including phenoxy) is 2. The summed E-state index contributed by atoms with van der Waals surface area (Å²) in [5.74, 6) is -0.649. The van der Waals surface area contributed by atoms with Gasteiger partial charge in [-0.2, -0.15) is 0 Å². The zero-order chi connectivity index (χ0) is 21.4. The van der Waals surface area contributed by atoms with Crippen molar-refractivity contribution < 1.29 is 23.9 Å². The molecule has 2 aromatic carbocycles. The summed E-state index contributed by atoms with van der Waals surface area (Å²) in [6, 6.07) is 15.8. The van der Waals surface area contributed by atoms with Crippen molar-refractivity contribution in [2.75, 3.05) is 13.1 Å². The second-order valence-corrected chi connectivity index (χ2v) is 8.24. The molecule has 3 amide bonds. The van der Waals surface area contributed by atoms with Gasteiger partial charge in [0.15, 0.2) is 0 Å². The zero-order valence-corrected chi connectivity index (χ0v) is 17.1. The van der Waals surface area contributed by atoms with E-state index < -0.39 is 12.1 Å². The number of rotatable bonds is 5. The van der Waals surface area contributed by atoms with Crippen LogP contribution < -0.4 is 0 Å². The summed E-state index contributed by atoms with van der Waals surface area (Å²) in [7, 11) is 0. The van der Waals surface area contributed by atoms with Gasteiger partial charge in [-0.25, -0.2) is 4.79 Å². The maximum atomic E-state index is 13.1. The van der Waals surface area contributed by atoms with Crippen LogP contribution in [-0.4, -0.2) is 59.0 Å². The Balaban J connectivity index is 1.33. The SMILES string of the molecule is O=C(OCc1ccccc1)N1CCC(OC2CC2)[C@H](N2C(=O)c3ccccc3C2=O)C1. The normalized spacial score (nSPS) is 23.1. The molecule has 0 spiro atoms. The van der Waals surface area contributed by atoms with Crippen LogP contribution >= 0.6 is 0 Å². The van der Waals surface area contributed by atoms with E-state index in [9.17, 15) is 14.4 Å². The number of likely N-dealkylation sites (tertiary alicyclic amines) is 1. The molecule has 2 atom stereocenters. The molecule has 1 saturated carbocycles. The minimum absolute atomic E-state index is 0.176. The van der Waals surface area contributed by atoms with E-state index >= 15 is 0 Å². The highest BCUT2D eigenvalue weighted by atomic mass is 16.6. The van der Waals surface area contributed by atoms with Crippen LogP contribution in [0.5, 0.6) is 0 Å². The highest BCUT2D eigenvalue weighted by Crippen LogP contribution is 2.33. The Labute approximate surface area is 180 Å². The molecule has 1 saturated heterocycles. The molecule has 2 aromatic rings. The number of amides is 3. The van der Waals surface area contributed by atoms with Crippen molar-refractivity contribution in [2.45, 2.75) is 44.1 Å². The van der Waals surface area contributed by atoms with E-state index in [2.05, 4.69) is 0 Å². The third kappa shape index (κ3) is 3.93. The molecule has 7 heteroatoms. The van der Waals surface area contributed by atoms with Crippen molar-refractivity contribution in [1.29, 1.82) is 0 Å². The number of hydrogen-bond acceptors (Lipinski definition) is 5. The maximum absolute atomic E-state index is 13.1. The molecule has 2 aliphatic heterocycles. The van der Waals surface area contributed by atoms with E-state index in [1.807, 2.05) is 30.3 Å². The smallest absolute Gasteiger partial charge is 0.410 e. The number of carbonyl (C=O) groups is 3. The topological polar surface area (TPSA) is 76.2 Å². The van der Waals surface area contributed by atoms with E-state index in [4.69, 9.17) is 9.47 Å². The summed E-state index contributed by atoms with van der Waals surface area (Å²) in [4.78, 5) is 41.7. The predicted molar refractivity (Wildman–Crippen MR) is 111 cm³/mol. The predicted octanol–water partition coefficient (Wildman–Crippen LogP) is 3.24. The third-order valence-corrected chi connectivity index (χ3v) is 6.03. The van der Waals surface area contributed by atoms with Crippen molar-refractivity contribution in [3.8, 4) is 0 Å². The van der Waals surface area contributed by atoms with Gasteiger partial charge in [0.2, 0.25) is 0 Å². The molecule has 0 radical (unpaired) electrons. The number of hydrogen-bond donors (Lipinski definition) is 0. The largest absolute Gasteiger partial charge is 0.445 e. The fourth-order valence-electron chi connectivity index (χ4n) is 4.25. The Bertz CT molecular complexity index is 969. The lowest BCUT2D eigenvalue weighted by Crippen LogP contribution is -2.58. The standard InChI is InChI=1S/C24H24N2O5/c27-22-18-8-4-5-9-19(18)23(28)26(22)20-14-25(13-12-21(20)31-17-10-11-17)24(29)30-15-16-6-2-1-3-7-16/h1-9,17,20-21H,10-15H2/t20-,21?/m1/s1. The second-order valence-electron chi connectivity index (χ2n) is 8.24. The van der Waals surface area contributed by atoms with Crippen molar-refractivity contribution >= 4 is 17.9 Å². The molecule has 2 heterocycles. The number of carbonyl (C=O) groups excluding carboxylic acids is 3. The molecule has 7 nitrogen and oxygen atoms in total. The molecule has 31 heavy (non-hydrogen) atoms. The van der Waals surface area contributed by atoms with Gasteiger partial charge in [-0.05, 0) is 37.0 Å². The molecular weight excluding hydrogens is 396 g/mol. The average Bonchev–Trinajstić information content (AvgIpc) is 3.59. The van der Waals surface area contributed by atoms with E-state index in [0.29, 0.717) is 24.1 Å². The Morgan fingerprint density at radius 2 is 1.55 bits per heavy atom.